The molecule has 1 atom stereocenters. The number of ether oxygens (including phenoxy) is 1. The number of benzene rings is 1. The summed E-state index contributed by atoms with van der Waals surface area (Å²) in [5, 5.41) is 9.20. The predicted molar refractivity (Wildman–Crippen MR) is 63.4 cm³/mol. The summed E-state index contributed by atoms with van der Waals surface area (Å²) in [5.41, 5.74) is 0.528. The maximum atomic E-state index is 11.8. The molecule has 1 N–H and O–H groups in total. The zero-order valence-electron chi connectivity index (χ0n) is 9.93. The summed E-state index contributed by atoms with van der Waals surface area (Å²) in [4.78, 5) is 13.3. The van der Waals surface area contributed by atoms with Gasteiger partial charge in [-0.25, -0.2) is 4.79 Å². The molecule has 1 aromatic rings. The number of rotatable bonds is 3. The Morgan fingerprint density at radius 3 is 2.71 bits per heavy atom. The molecule has 92 valence electrons. The largest absolute Gasteiger partial charge is 0.445 e. The van der Waals surface area contributed by atoms with Crippen LogP contribution in [0.4, 0.5) is 4.79 Å². The lowest BCUT2D eigenvalue weighted by molar-refractivity contribution is -0.0365. The third-order valence-electron chi connectivity index (χ3n) is 3.29. The molecule has 1 unspecified atom stereocenters. The molecule has 0 bridgehead atoms. The van der Waals surface area contributed by atoms with Crippen molar-refractivity contribution < 1.29 is 14.6 Å². The van der Waals surface area contributed by atoms with Gasteiger partial charge in [0.15, 0.2) is 0 Å². The minimum absolute atomic E-state index is 0.0204. The van der Waals surface area contributed by atoms with Crippen LogP contribution in [0.15, 0.2) is 30.3 Å². The van der Waals surface area contributed by atoms with Gasteiger partial charge in [0.2, 0.25) is 0 Å². The molecule has 0 radical (unpaired) electrons. The fourth-order valence-corrected chi connectivity index (χ4v) is 1.88. The number of hydrogen-bond donors (Lipinski definition) is 1. The van der Waals surface area contributed by atoms with Gasteiger partial charge in [-0.05, 0) is 18.9 Å². The second-order valence-electron chi connectivity index (χ2n) is 4.60. The van der Waals surface area contributed by atoms with Crippen LogP contribution < -0.4 is 0 Å². The predicted octanol–water partition coefficient (Wildman–Crippen LogP) is 1.78. The first-order chi connectivity index (χ1) is 8.15. The first-order valence-electron chi connectivity index (χ1n) is 5.75. The van der Waals surface area contributed by atoms with Gasteiger partial charge in [-0.3, -0.25) is 0 Å². The highest BCUT2D eigenvalue weighted by Gasteiger charge is 2.43. The highest BCUT2D eigenvalue weighted by atomic mass is 16.6. The Hall–Kier alpha value is -1.55. The molecule has 0 aliphatic carbocycles. The van der Waals surface area contributed by atoms with E-state index in [1.165, 1.54) is 0 Å². The van der Waals surface area contributed by atoms with E-state index >= 15 is 0 Å². The first-order valence-corrected chi connectivity index (χ1v) is 5.75. The summed E-state index contributed by atoms with van der Waals surface area (Å²) in [5.74, 6) is 0. The lowest BCUT2D eigenvalue weighted by atomic mass is 9.88. The van der Waals surface area contributed by atoms with Crippen LogP contribution in [-0.4, -0.2) is 34.8 Å². The van der Waals surface area contributed by atoms with Crippen LogP contribution in [-0.2, 0) is 11.3 Å². The van der Waals surface area contributed by atoms with Crippen molar-refractivity contribution in [3.05, 3.63) is 35.9 Å². The van der Waals surface area contributed by atoms with E-state index in [-0.39, 0.29) is 19.3 Å². The van der Waals surface area contributed by atoms with Crippen molar-refractivity contribution in [1.82, 2.24) is 4.90 Å². The van der Waals surface area contributed by atoms with Crippen LogP contribution in [0.25, 0.3) is 0 Å². The second kappa shape index (κ2) is 4.75. The molecular weight excluding hydrogens is 218 g/mol. The third kappa shape index (κ3) is 2.42. The second-order valence-corrected chi connectivity index (χ2v) is 4.60. The fourth-order valence-electron chi connectivity index (χ4n) is 1.88. The summed E-state index contributed by atoms with van der Waals surface area (Å²) in [6.07, 6.45) is 0.473. The number of aliphatic hydroxyl groups is 1. The first kappa shape index (κ1) is 11.9. The van der Waals surface area contributed by atoms with Gasteiger partial charge in [0.05, 0.1) is 12.1 Å². The van der Waals surface area contributed by atoms with Gasteiger partial charge in [0.1, 0.15) is 6.61 Å². The van der Waals surface area contributed by atoms with Crippen LogP contribution in [0, 0.1) is 0 Å². The smallest absolute Gasteiger partial charge is 0.410 e. The van der Waals surface area contributed by atoms with E-state index < -0.39 is 5.54 Å². The van der Waals surface area contributed by atoms with Crippen molar-refractivity contribution >= 4 is 6.09 Å². The van der Waals surface area contributed by atoms with Crippen molar-refractivity contribution in [1.29, 1.82) is 0 Å². The van der Waals surface area contributed by atoms with Crippen molar-refractivity contribution in [3.8, 4) is 0 Å². The molecule has 1 aliphatic heterocycles. The molecule has 1 heterocycles. The van der Waals surface area contributed by atoms with Crippen LogP contribution >= 0.6 is 0 Å². The fraction of sp³-hybridized carbons (Fsp3) is 0.462. The Bertz CT molecular complexity index is 389. The van der Waals surface area contributed by atoms with E-state index in [1.54, 1.807) is 4.90 Å². The molecule has 1 aromatic carbocycles. The number of nitrogens with zero attached hydrogens (tertiary/aromatic N) is 1. The van der Waals surface area contributed by atoms with Crippen LogP contribution in [0.1, 0.15) is 18.9 Å². The number of hydrogen-bond acceptors (Lipinski definition) is 3. The Labute approximate surface area is 101 Å². The summed E-state index contributed by atoms with van der Waals surface area (Å²) in [6, 6.07) is 9.56. The summed E-state index contributed by atoms with van der Waals surface area (Å²) < 4.78 is 5.21. The van der Waals surface area contributed by atoms with Crippen molar-refractivity contribution in [2.45, 2.75) is 25.5 Å². The van der Waals surface area contributed by atoms with Gasteiger partial charge < -0.3 is 14.7 Å². The van der Waals surface area contributed by atoms with Gasteiger partial charge in [-0.1, -0.05) is 30.3 Å². The van der Waals surface area contributed by atoms with Crippen molar-refractivity contribution in [2.24, 2.45) is 0 Å². The quantitative estimate of drug-likeness (QED) is 0.868. The van der Waals surface area contributed by atoms with Crippen LogP contribution in [0.2, 0.25) is 0 Å². The lowest BCUT2D eigenvalue weighted by Gasteiger charge is -2.48. The molecule has 0 saturated carbocycles. The number of likely N-dealkylation sites (tertiary alicyclic amines) is 1. The summed E-state index contributed by atoms with van der Waals surface area (Å²) in [7, 11) is 0. The monoisotopic (exact) mass is 235 g/mol. The molecule has 1 saturated heterocycles. The number of carbonyl (C=O) groups is 1. The molecule has 4 nitrogen and oxygen atoms in total. The molecule has 0 spiro atoms. The number of aliphatic hydroxyl groups excluding tert-OH is 1. The standard InChI is InChI=1S/C13H17NO3/c1-13(10-15)7-8-14(13)12(16)17-9-11-5-3-2-4-6-11/h2-6,15H,7-10H2,1H3. The van der Waals surface area contributed by atoms with E-state index in [2.05, 4.69) is 0 Å². The van der Waals surface area contributed by atoms with Crippen LogP contribution in [0.3, 0.4) is 0 Å². The third-order valence-corrected chi connectivity index (χ3v) is 3.29. The molecule has 2 rings (SSSR count). The van der Waals surface area contributed by atoms with E-state index in [4.69, 9.17) is 4.74 Å². The number of carbonyl (C=O) groups excluding carboxylic acids is 1. The highest BCUT2D eigenvalue weighted by Crippen LogP contribution is 2.30. The zero-order chi connectivity index (χ0) is 12.3. The maximum Gasteiger partial charge on any atom is 0.410 e. The van der Waals surface area contributed by atoms with E-state index in [1.807, 2.05) is 37.3 Å². The molecular formula is C13H17NO3. The van der Waals surface area contributed by atoms with Crippen molar-refractivity contribution in [2.75, 3.05) is 13.2 Å². The maximum absolute atomic E-state index is 11.8. The molecule has 1 aliphatic rings. The minimum atomic E-state index is -0.437. The van der Waals surface area contributed by atoms with Crippen LogP contribution in [0.5, 0.6) is 0 Å². The van der Waals surface area contributed by atoms with E-state index in [9.17, 15) is 9.90 Å². The lowest BCUT2D eigenvalue weighted by Crippen LogP contribution is -2.62. The van der Waals surface area contributed by atoms with E-state index in [0.29, 0.717) is 6.54 Å². The van der Waals surface area contributed by atoms with Crippen molar-refractivity contribution in [3.63, 3.8) is 0 Å². The van der Waals surface area contributed by atoms with Gasteiger partial charge in [0.25, 0.3) is 0 Å². The highest BCUT2D eigenvalue weighted by molar-refractivity contribution is 5.70. The Balaban J connectivity index is 1.86. The SMILES string of the molecule is CC1(CO)CCN1C(=O)OCc1ccccc1. The normalized spacial score (nSPS) is 23.1. The Kier molecular flexibility index (Phi) is 3.33. The van der Waals surface area contributed by atoms with Gasteiger partial charge in [0, 0.05) is 6.54 Å². The van der Waals surface area contributed by atoms with Gasteiger partial charge in [-0.2, -0.15) is 0 Å². The molecule has 1 fully saturated rings. The molecule has 1 amide bonds. The minimum Gasteiger partial charge on any atom is -0.445 e. The van der Waals surface area contributed by atoms with Gasteiger partial charge >= 0.3 is 6.09 Å². The number of amides is 1. The molecule has 4 heteroatoms. The summed E-state index contributed by atoms with van der Waals surface area (Å²) in [6.45, 7) is 2.77. The Morgan fingerprint density at radius 1 is 1.47 bits per heavy atom. The van der Waals surface area contributed by atoms with Gasteiger partial charge in [-0.15, -0.1) is 0 Å². The average Bonchev–Trinajstić information content (AvgIpc) is 2.35. The van der Waals surface area contributed by atoms with E-state index in [0.717, 1.165) is 12.0 Å². The topological polar surface area (TPSA) is 49.8 Å². The Morgan fingerprint density at radius 2 is 2.18 bits per heavy atom. The molecule has 0 aromatic heterocycles. The molecule has 17 heavy (non-hydrogen) atoms. The summed E-state index contributed by atoms with van der Waals surface area (Å²) >= 11 is 0. The average molecular weight is 235 g/mol. The zero-order valence-corrected chi connectivity index (χ0v) is 9.93.